The Morgan fingerprint density at radius 3 is 2.34 bits per heavy atom. The van der Waals surface area contributed by atoms with E-state index < -0.39 is 26.9 Å². The number of hydrogen-bond acceptors (Lipinski definition) is 9. The van der Waals surface area contributed by atoms with Crippen LogP contribution in [0.5, 0.6) is 5.75 Å². The van der Waals surface area contributed by atoms with Crippen molar-refractivity contribution in [3.05, 3.63) is 29.6 Å². The van der Waals surface area contributed by atoms with E-state index >= 15 is 0 Å². The van der Waals surface area contributed by atoms with Gasteiger partial charge in [0.05, 0.1) is 5.69 Å². The van der Waals surface area contributed by atoms with E-state index in [1.807, 2.05) is 32.1 Å². The highest BCUT2D eigenvalue weighted by Gasteiger charge is 2.29. The second-order valence-electron chi connectivity index (χ2n) is 6.05. The molecule has 0 spiro atoms. The van der Waals surface area contributed by atoms with Crippen LogP contribution in [0.2, 0.25) is 0 Å². The number of benzene rings is 1. The van der Waals surface area contributed by atoms with Gasteiger partial charge in [-0.2, -0.15) is 4.31 Å². The third-order valence-electron chi connectivity index (χ3n) is 4.23. The van der Waals surface area contributed by atoms with Gasteiger partial charge in [-0.1, -0.05) is 37.5 Å². The zero-order valence-corrected chi connectivity index (χ0v) is 18.5. The minimum absolute atomic E-state index is 0.145. The largest absolute Gasteiger partial charge is 0.546 e. The van der Waals surface area contributed by atoms with Gasteiger partial charge < -0.3 is 20.3 Å². The molecule has 2 aromatic heterocycles. The summed E-state index contributed by atoms with van der Waals surface area (Å²) in [5, 5.41) is 17.9. The van der Waals surface area contributed by atoms with Gasteiger partial charge in [0.25, 0.3) is 10.0 Å². The van der Waals surface area contributed by atoms with E-state index in [9.17, 15) is 18.1 Å². The SMILES string of the molecule is Bc1ccccc1Nc1n[s+]([O-])nc1Nc1csc(S(=O)(=O)N(CC)CC)c1O. The van der Waals surface area contributed by atoms with Crippen LogP contribution >= 0.6 is 22.5 Å². The molecule has 0 radical (unpaired) electrons. The minimum Gasteiger partial charge on any atom is -0.546 e. The zero-order chi connectivity index (χ0) is 21.2. The van der Waals surface area contributed by atoms with Crippen LogP contribution in [0.15, 0.2) is 33.9 Å². The second-order valence-corrected chi connectivity index (χ2v) is 9.89. The maximum atomic E-state index is 12.7. The standard InChI is InChI=1S/C16H20BN5O4S3/c1-3-22(4-2)29(25,26)16-13(23)12(9-27-16)19-15-14(20-28(24)21-15)18-11-8-6-5-7-10(11)17/h5-9,23H,3-4,17H2,1-2H3,(H,18,20)(H,19,21). The number of anilines is 4. The van der Waals surface area contributed by atoms with Crippen molar-refractivity contribution < 1.29 is 18.1 Å². The van der Waals surface area contributed by atoms with Crippen molar-refractivity contribution in [1.82, 2.24) is 13.1 Å². The zero-order valence-electron chi connectivity index (χ0n) is 16.0. The lowest BCUT2D eigenvalue weighted by atomic mass is 9.94. The lowest BCUT2D eigenvalue weighted by molar-refractivity contribution is 0.434. The molecule has 13 heteroatoms. The molecule has 3 N–H and O–H groups in total. The monoisotopic (exact) mass is 453 g/mol. The molecule has 3 rings (SSSR count). The molecule has 0 fully saturated rings. The summed E-state index contributed by atoms with van der Waals surface area (Å²) in [7, 11) is -1.90. The Kier molecular flexibility index (Phi) is 6.44. The van der Waals surface area contributed by atoms with Crippen LogP contribution in [0.1, 0.15) is 13.8 Å². The number of hydrogen-bond donors (Lipinski definition) is 3. The first-order valence-electron chi connectivity index (χ1n) is 8.78. The molecule has 0 aliphatic rings. The van der Waals surface area contributed by atoms with Crippen LogP contribution in [-0.2, 0) is 10.0 Å². The fourth-order valence-corrected chi connectivity index (χ4v) is 6.13. The highest BCUT2D eigenvalue weighted by Crippen LogP contribution is 2.41. The predicted octanol–water partition coefficient (Wildman–Crippen LogP) is 1.75. The average molecular weight is 453 g/mol. The summed E-state index contributed by atoms with van der Waals surface area (Å²) in [6, 6.07) is 7.49. The molecule has 3 aromatic rings. The Hall–Kier alpha value is -2.19. The van der Waals surface area contributed by atoms with Crippen molar-refractivity contribution in [3.8, 4) is 5.75 Å². The van der Waals surface area contributed by atoms with Crippen LogP contribution in [-0.4, -0.2) is 52.1 Å². The van der Waals surface area contributed by atoms with E-state index in [-0.39, 0.29) is 21.5 Å². The molecule has 9 nitrogen and oxygen atoms in total. The fourth-order valence-electron chi connectivity index (χ4n) is 2.68. The molecular weight excluding hydrogens is 433 g/mol. The molecule has 1 aromatic carbocycles. The number of aromatic hydroxyl groups is 1. The Bertz CT molecular complexity index is 1110. The predicted molar refractivity (Wildman–Crippen MR) is 118 cm³/mol. The molecule has 0 amide bonds. The summed E-state index contributed by atoms with van der Waals surface area (Å²) in [6.07, 6.45) is 0. The van der Waals surface area contributed by atoms with Crippen LogP contribution in [0, 0.1) is 0 Å². The van der Waals surface area contributed by atoms with Crippen molar-refractivity contribution >= 4 is 68.8 Å². The number of sulfonamides is 1. The first-order valence-corrected chi connectivity index (χ1v) is 12.2. The first-order chi connectivity index (χ1) is 13.8. The van der Waals surface area contributed by atoms with E-state index in [0.29, 0.717) is 13.1 Å². The average Bonchev–Trinajstić information content (AvgIpc) is 3.21. The first kappa shape index (κ1) is 21.5. The maximum absolute atomic E-state index is 12.7. The molecule has 0 aliphatic carbocycles. The molecular formula is C16H20BN5O4S3. The molecule has 0 saturated heterocycles. The number of nitrogens with one attached hydrogen (secondary N) is 2. The van der Waals surface area contributed by atoms with Gasteiger partial charge in [0, 0.05) is 32.9 Å². The number of thiophene rings is 1. The van der Waals surface area contributed by atoms with Crippen molar-refractivity contribution in [1.29, 1.82) is 0 Å². The normalized spacial score (nSPS) is 12.3. The van der Waals surface area contributed by atoms with E-state index in [1.165, 1.54) is 9.69 Å². The third-order valence-corrected chi connectivity index (χ3v) is 8.44. The Morgan fingerprint density at radius 1 is 1.17 bits per heavy atom. The van der Waals surface area contributed by atoms with Gasteiger partial charge >= 0.3 is 0 Å². The smallest absolute Gasteiger partial charge is 0.256 e. The minimum atomic E-state index is -3.81. The quantitative estimate of drug-likeness (QED) is 0.347. The van der Waals surface area contributed by atoms with Gasteiger partial charge in [0.15, 0.2) is 21.1 Å². The summed E-state index contributed by atoms with van der Waals surface area (Å²) in [4.78, 5) is 0. The van der Waals surface area contributed by atoms with Gasteiger partial charge in [-0.15, -0.1) is 11.3 Å². The summed E-state index contributed by atoms with van der Waals surface area (Å²) in [6.45, 7) is 4.05. The Labute approximate surface area is 177 Å². The van der Waals surface area contributed by atoms with Crippen molar-refractivity contribution in [2.45, 2.75) is 18.1 Å². The molecule has 2 heterocycles. The topological polar surface area (TPSA) is 131 Å². The summed E-state index contributed by atoms with van der Waals surface area (Å²) in [5.41, 5.74) is 1.87. The van der Waals surface area contributed by atoms with Gasteiger partial charge in [-0.25, -0.2) is 8.42 Å². The maximum Gasteiger partial charge on any atom is 0.256 e. The third kappa shape index (κ3) is 4.38. The van der Waals surface area contributed by atoms with Gasteiger partial charge in [0.1, 0.15) is 7.85 Å². The highest BCUT2D eigenvalue weighted by atomic mass is 32.2. The van der Waals surface area contributed by atoms with Crippen molar-refractivity contribution in [3.63, 3.8) is 0 Å². The fraction of sp³-hybridized carbons (Fsp3) is 0.250. The lowest BCUT2D eigenvalue weighted by Crippen LogP contribution is -2.30. The summed E-state index contributed by atoms with van der Waals surface area (Å²) in [5.74, 6) is -0.0274. The van der Waals surface area contributed by atoms with Crippen LogP contribution < -0.4 is 16.1 Å². The summed E-state index contributed by atoms with van der Waals surface area (Å²) < 4.78 is 46.2. The molecule has 0 bridgehead atoms. The van der Waals surface area contributed by atoms with Crippen LogP contribution in [0.4, 0.5) is 23.0 Å². The van der Waals surface area contributed by atoms with Gasteiger partial charge in [-0.3, -0.25) is 0 Å². The summed E-state index contributed by atoms with van der Waals surface area (Å²) >= 11 is -0.917. The number of nitrogens with zero attached hydrogens (tertiary/aromatic N) is 3. The second kappa shape index (κ2) is 8.67. The molecule has 154 valence electrons. The van der Waals surface area contributed by atoms with E-state index in [2.05, 4.69) is 19.4 Å². The lowest BCUT2D eigenvalue weighted by Gasteiger charge is -2.17. The molecule has 0 aliphatic heterocycles. The molecule has 1 atom stereocenters. The molecule has 0 saturated carbocycles. The van der Waals surface area contributed by atoms with Crippen LogP contribution in [0.3, 0.4) is 0 Å². The molecule has 29 heavy (non-hydrogen) atoms. The number of para-hydroxylation sites is 1. The van der Waals surface area contributed by atoms with Crippen molar-refractivity contribution in [2.24, 2.45) is 0 Å². The Balaban J connectivity index is 1.91. The number of aromatic nitrogens is 2. The van der Waals surface area contributed by atoms with Crippen LogP contribution in [0.25, 0.3) is 0 Å². The Morgan fingerprint density at radius 2 is 1.76 bits per heavy atom. The highest BCUT2D eigenvalue weighted by molar-refractivity contribution is 7.91. The van der Waals surface area contributed by atoms with Gasteiger partial charge in [-0.05, 0) is 6.07 Å². The van der Waals surface area contributed by atoms with Crippen molar-refractivity contribution in [2.75, 3.05) is 23.7 Å². The van der Waals surface area contributed by atoms with E-state index in [1.54, 1.807) is 13.8 Å². The van der Waals surface area contributed by atoms with E-state index in [0.717, 1.165) is 22.5 Å². The van der Waals surface area contributed by atoms with E-state index in [4.69, 9.17) is 0 Å². The van der Waals surface area contributed by atoms with Gasteiger partial charge in [0.2, 0.25) is 11.6 Å². The molecule has 1 unspecified atom stereocenters. The number of rotatable bonds is 8.